The molecule has 1 atom stereocenters. The Labute approximate surface area is 97.1 Å². The minimum atomic E-state index is -0.400. The van der Waals surface area contributed by atoms with E-state index < -0.39 is 6.10 Å². The highest BCUT2D eigenvalue weighted by Gasteiger charge is 2.22. The summed E-state index contributed by atoms with van der Waals surface area (Å²) in [6.07, 6.45) is 5.37. The predicted molar refractivity (Wildman–Crippen MR) is 63.6 cm³/mol. The van der Waals surface area contributed by atoms with Crippen LogP contribution in [0, 0.1) is 12.8 Å². The maximum atomic E-state index is 9.42. The lowest BCUT2D eigenvalue weighted by Crippen LogP contribution is -2.36. The average Bonchev–Trinajstić information content (AvgIpc) is 2.31. The number of nitrogens with zero attached hydrogens (tertiary/aromatic N) is 2. The number of piperidine rings is 1. The van der Waals surface area contributed by atoms with Gasteiger partial charge in [0, 0.05) is 18.9 Å². The highest BCUT2D eigenvalue weighted by molar-refractivity contribution is 5.09. The maximum Gasteiger partial charge on any atom is 0.0570 e. The Bertz CT molecular complexity index is 305. The van der Waals surface area contributed by atoms with Crippen LogP contribution in [0.3, 0.4) is 0 Å². The van der Waals surface area contributed by atoms with Crippen LogP contribution < -0.4 is 0 Å². The fourth-order valence-electron chi connectivity index (χ4n) is 2.24. The van der Waals surface area contributed by atoms with Crippen LogP contribution >= 0.6 is 0 Å². The molecule has 1 unspecified atom stereocenters. The quantitative estimate of drug-likeness (QED) is 0.836. The minimum absolute atomic E-state index is 0.383. The van der Waals surface area contributed by atoms with Crippen LogP contribution in [0.4, 0.5) is 0 Å². The van der Waals surface area contributed by atoms with Gasteiger partial charge in [-0.1, -0.05) is 0 Å². The molecule has 2 heterocycles. The summed E-state index contributed by atoms with van der Waals surface area (Å²) in [4.78, 5) is 6.44. The molecule has 3 nitrogen and oxygen atoms in total. The van der Waals surface area contributed by atoms with E-state index >= 15 is 0 Å². The van der Waals surface area contributed by atoms with E-state index in [1.807, 2.05) is 12.4 Å². The molecule has 0 aliphatic carbocycles. The van der Waals surface area contributed by atoms with Gasteiger partial charge in [0.15, 0.2) is 0 Å². The van der Waals surface area contributed by atoms with E-state index in [1.165, 1.54) is 5.56 Å². The third-order valence-corrected chi connectivity index (χ3v) is 3.33. The molecular weight excluding hydrogens is 200 g/mol. The van der Waals surface area contributed by atoms with Gasteiger partial charge in [-0.3, -0.25) is 9.88 Å². The Hall–Kier alpha value is -0.930. The monoisotopic (exact) mass is 219 g/mol. The molecule has 0 bridgehead atoms. The van der Waals surface area contributed by atoms with Crippen molar-refractivity contribution >= 4 is 0 Å². The number of aromatic nitrogens is 1. The van der Waals surface area contributed by atoms with Crippen LogP contribution in [0.5, 0.6) is 0 Å². The van der Waals surface area contributed by atoms with E-state index in [4.69, 9.17) is 0 Å². The van der Waals surface area contributed by atoms with Gasteiger partial charge in [-0.2, -0.15) is 0 Å². The van der Waals surface area contributed by atoms with Gasteiger partial charge in [0.2, 0.25) is 0 Å². The van der Waals surface area contributed by atoms with Crippen molar-refractivity contribution in [3.63, 3.8) is 0 Å². The van der Waals surface area contributed by atoms with Gasteiger partial charge in [-0.15, -0.1) is 0 Å². The zero-order chi connectivity index (χ0) is 11.4. The topological polar surface area (TPSA) is 36.4 Å². The molecule has 16 heavy (non-hydrogen) atoms. The smallest absolute Gasteiger partial charge is 0.0570 e. The van der Waals surface area contributed by atoms with Crippen LogP contribution in [0.2, 0.25) is 0 Å². The van der Waals surface area contributed by atoms with Crippen LogP contribution in [-0.4, -0.2) is 34.2 Å². The van der Waals surface area contributed by atoms with Gasteiger partial charge in [-0.25, -0.2) is 0 Å². The first-order valence-electron chi connectivity index (χ1n) is 5.88. The summed E-state index contributed by atoms with van der Waals surface area (Å²) >= 11 is 0. The molecule has 0 spiro atoms. The number of hydrogen-bond acceptors (Lipinski definition) is 3. The standard InChI is InChI=1S/C13H19N2O/c1-11(16)13-4-8-15(9-5-13)10-12-2-6-14-7-3-12/h2-3,6-7,11,13,16H,1,4-5,8-10H2. The highest BCUT2D eigenvalue weighted by Crippen LogP contribution is 2.21. The van der Waals surface area contributed by atoms with Crippen LogP contribution in [0.1, 0.15) is 18.4 Å². The molecule has 3 heteroatoms. The van der Waals surface area contributed by atoms with Crippen LogP contribution in [0.25, 0.3) is 0 Å². The molecule has 1 saturated heterocycles. The zero-order valence-corrected chi connectivity index (χ0v) is 9.55. The highest BCUT2D eigenvalue weighted by atomic mass is 16.3. The molecule has 1 radical (unpaired) electrons. The molecule has 2 rings (SSSR count). The summed E-state index contributed by atoms with van der Waals surface area (Å²) in [5.41, 5.74) is 1.31. The van der Waals surface area contributed by atoms with E-state index in [-0.39, 0.29) is 0 Å². The second-order valence-electron chi connectivity index (χ2n) is 4.54. The Morgan fingerprint density at radius 3 is 2.56 bits per heavy atom. The third-order valence-electron chi connectivity index (χ3n) is 3.33. The Morgan fingerprint density at radius 2 is 2.00 bits per heavy atom. The first-order chi connectivity index (χ1) is 7.75. The van der Waals surface area contributed by atoms with Gasteiger partial charge < -0.3 is 5.11 Å². The number of aliphatic hydroxyl groups excluding tert-OH is 1. The first-order valence-corrected chi connectivity index (χ1v) is 5.88. The number of likely N-dealkylation sites (tertiary alicyclic amines) is 1. The van der Waals surface area contributed by atoms with E-state index in [0.29, 0.717) is 5.92 Å². The maximum absolute atomic E-state index is 9.42. The Morgan fingerprint density at radius 1 is 1.38 bits per heavy atom. The summed E-state index contributed by atoms with van der Waals surface area (Å²) < 4.78 is 0. The largest absolute Gasteiger partial charge is 0.393 e. The van der Waals surface area contributed by atoms with Crippen molar-refractivity contribution in [2.24, 2.45) is 5.92 Å². The zero-order valence-electron chi connectivity index (χ0n) is 9.55. The summed E-state index contributed by atoms with van der Waals surface area (Å²) in [5, 5.41) is 9.42. The van der Waals surface area contributed by atoms with Crippen molar-refractivity contribution in [2.75, 3.05) is 13.1 Å². The molecule has 87 valence electrons. The predicted octanol–water partition coefficient (Wildman–Crippen LogP) is 1.49. The fourth-order valence-corrected chi connectivity index (χ4v) is 2.24. The second-order valence-corrected chi connectivity index (χ2v) is 4.54. The molecule has 1 aliphatic heterocycles. The van der Waals surface area contributed by atoms with E-state index in [9.17, 15) is 5.11 Å². The molecule has 0 saturated carbocycles. The Kier molecular flexibility index (Phi) is 3.91. The number of aliphatic hydroxyl groups is 1. The molecule has 1 aliphatic rings. The number of hydrogen-bond donors (Lipinski definition) is 1. The summed E-state index contributed by atoms with van der Waals surface area (Å²) in [7, 11) is 0. The fraction of sp³-hybridized carbons (Fsp3) is 0.538. The van der Waals surface area contributed by atoms with Crippen LogP contribution in [0.15, 0.2) is 24.5 Å². The van der Waals surface area contributed by atoms with Gasteiger partial charge in [0.05, 0.1) is 6.10 Å². The number of rotatable bonds is 3. The summed E-state index contributed by atoms with van der Waals surface area (Å²) in [6.45, 7) is 6.80. The Balaban J connectivity index is 1.82. The van der Waals surface area contributed by atoms with Crippen molar-refractivity contribution in [1.29, 1.82) is 0 Å². The second kappa shape index (κ2) is 5.41. The van der Waals surface area contributed by atoms with Gasteiger partial charge in [-0.05, 0) is 56.5 Å². The first kappa shape index (κ1) is 11.6. The lowest BCUT2D eigenvalue weighted by atomic mass is 9.92. The lowest BCUT2D eigenvalue weighted by Gasteiger charge is -2.33. The lowest BCUT2D eigenvalue weighted by molar-refractivity contribution is 0.0851. The van der Waals surface area contributed by atoms with E-state index in [1.54, 1.807) is 0 Å². The van der Waals surface area contributed by atoms with Gasteiger partial charge in [0.1, 0.15) is 0 Å². The SMILES string of the molecule is [CH2]C(O)C1CCN(Cc2ccncc2)CC1. The molecule has 1 aromatic rings. The van der Waals surface area contributed by atoms with Crippen molar-refractivity contribution in [3.05, 3.63) is 37.0 Å². The van der Waals surface area contributed by atoms with Crippen molar-refractivity contribution in [1.82, 2.24) is 9.88 Å². The summed E-state index contributed by atoms with van der Waals surface area (Å²) in [5.74, 6) is 0.383. The van der Waals surface area contributed by atoms with Crippen LogP contribution in [-0.2, 0) is 6.54 Å². The van der Waals surface area contributed by atoms with Gasteiger partial charge in [0.25, 0.3) is 0 Å². The normalized spacial score (nSPS) is 20.9. The molecule has 1 fully saturated rings. The average molecular weight is 219 g/mol. The van der Waals surface area contributed by atoms with E-state index in [0.717, 1.165) is 32.5 Å². The molecule has 0 aromatic carbocycles. The minimum Gasteiger partial charge on any atom is -0.393 e. The molecule has 0 amide bonds. The van der Waals surface area contributed by atoms with Crippen molar-refractivity contribution < 1.29 is 5.11 Å². The molecule has 1 N–H and O–H groups in total. The van der Waals surface area contributed by atoms with Crippen molar-refractivity contribution in [2.45, 2.75) is 25.5 Å². The van der Waals surface area contributed by atoms with E-state index in [2.05, 4.69) is 28.9 Å². The number of pyridine rings is 1. The molecular formula is C13H19N2O. The van der Waals surface area contributed by atoms with Crippen molar-refractivity contribution in [3.8, 4) is 0 Å². The summed E-state index contributed by atoms with van der Waals surface area (Å²) in [6, 6.07) is 4.12. The molecule has 1 aromatic heterocycles. The van der Waals surface area contributed by atoms with Gasteiger partial charge >= 0.3 is 0 Å². The third kappa shape index (κ3) is 3.03.